The maximum atomic E-state index is 13.7. The van der Waals surface area contributed by atoms with Gasteiger partial charge in [0, 0.05) is 50.0 Å². The Labute approximate surface area is 194 Å². The van der Waals surface area contributed by atoms with Crippen molar-refractivity contribution in [1.29, 1.82) is 0 Å². The Bertz CT molecular complexity index is 929. The number of amides is 3. The third kappa shape index (κ3) is 7.44. The van der Waals surface area contributed by atoms with Crippen LogP contribution < -0.4 is 15.5 Å². The second-order valence-corrected chi connectivity index (χ2v) is 8.28. The Hall–Kier alpha value is -3.16. The van der Waals surface area contributed by atoms with E-state index in [1.165, 1.54) is 25.3 Å². The molecule has 1 saturated heterocycles. The van der Waals surface area contributed by atoms with Crippen LogP contribution in [-0.2, 0) is 4.79 Å². The van der Waals surface area contributed by atoms with Crippen LogP contribution in [0.2, 0.25) is 0 Å². The molecule has 1 heterocycles. The third-order valence-electron chi connectivity index (χ3n) is 5.80. The molecule has 0 aromatic heterocycles. The minimum absolute atomic E-state index is 0.0982. The van der Waals surface area contributed by atoms with Crippen molar-refractivity contribution in [1.82, 2.24) is 4.90 Å². The van der Waals surface area contributed by atoms with Gasteiger partial charge in [-0.3, -0.25) is 4.79 Å². The van der Waals surface area contributed by atoms with E-state index < -0.39 is 17.7 Å². The van der Waals surface area contributed by atoms with Gasteiger partial charge >= 0.3 is 6.03 Å². The first kappa shape index (κ1) is 24.5. The smallest absolute Gasteiger partial charge is 0.323 e. The predicted molar refractivity (Wildman–Crippen MR) is 128 cm³/mol. The minimum atomic E-state index is -0.838. The zero-order valence-electron chi connectivity index (χ0n) is 19.1. The molecule has 8 heteroatoms. The van der Waals surface area contributed by atoms with Gasteiger partial charge in [-0.05, 0) is 42.8 Å². The summed E-state index contributed by atoms with van der Waals surface area (Å²) in [4.78, 5) is 28.7. The lowest BCUT2D eigenvalue weighted by Gasteiger charge is -2.36. The van der Waals surface area contributed by atoms with Crippen LogP contribution in [0.15, 0.2) is 42.5 Å². The monoisotopic (exact) mass is 458 g/mol. The molecule has 0 unspecified atom stereocenters. The second-order valence-electron chi connectivity index (χ2n) is 8.28. The minimum Gasteiger partial charge on any atom is -0.368 e. The molecule has 3 amide bonds. The number of carbonyl (C=O) groups is 2. The van der Waals surface area contributed by atoms with Crippen molar-refractivity contribution in [3.05, 3.63) is 54.1 Å². The molecular weight excluding hydrogens is 426 g/mol. The van der Waals surface area contributed by atoms with E-state index in [2.05, 4.69) is 22.5 Å². The van der Waals surface area contributed by atoms with Gasteiger partial charge in [-0.1, -0.05) is 32.6 Å². The fourth-order valence-electron chi connectivity index (χ4n) is 3.88. The number of anilines is 3. The molecule has 2 aromatic carbocycles. The first-order chi connectivity index (χ1) is 16.0. The maximum absolute atomic E-state index is 13.7. The summed E-state index contributed by atoms with van der Waals surface area (Å²) >= 11 is 0. The zero-order chi connectivity index (χ0) is 23.6. The number of carbonyl (C=O) groups excluding carboxylic acids is 2. The third-order valence-corrected chi connectivity index (χ3v) is 5.80. The van der Waals surface area contributed by atoms with Crippen LogP contribution in [0, 0.1) is 11.6 Å². The standard InChI is InChI=1S/C25H32F2N4O2/c1-2-3-4-5-6-7-24(32)31-16-14-30(15-17-31)21-11-9-20(10-12-21)28-25(33)29-23-13-8-19(26)18-22(23)27/h8-13,18H,2-7,14-17H2,1H3,(H2,28,29,33). The van der Waals surface area contributed by atoms with E-state index in [0.29, 0.717) is 31.3 Å². The summed E-state index contributed by atoms with van der Waals surface area (Å²) in [5.41, 5.74) is 1.46. The highest BCUT2D eigenvalue weighted by atomic mass is 19.1. The normalized spacial score (nSPS) is 13.7. The fraction of sp³-hybridized carbons (Fsp3) is 0.440. The van der Waals surface area contributed by atoms with Gasteiger partial charge in [-0.25, -0.2) is 13.6 Å². The highest BCUT2D eigenvalue weighted by Gasteiger charge is 2.21. The van der Waals surface area contributed by atoms with E-state index in [9.17, 15) is 18.4 Å². The molecule has 0 radical (unpaired) electrons. The Balaban J connectivity index is 1.43. The first-order valence-electron chi connectivity index (χ1n) is 11.6. The lowest BCUT2D eigenvalue weighted by Crippen LogP contribution is -2.48. The van der Waals surface area contributed by atoms with E-state index in [-0.39, 0.29) is 11.6 Å². The Morgan fingerprint density at radius 3 is 2.24 bits per heavy atom. The number of hydrogen-bond acceptors (Lipinski definition) is 3. The number of urea groups is 1. The number of halogens is 2. The molecule has 178 valence electrons. The summed E-state index contributed by atoms with van der Waals surface area (Å²) in [5, 5.41) is 5.00. The molecule has 0 bridgehead atoms. The molecule has 0 saturated carbocycles. The van der Waals surface area contributed by atoms with Crippen LogP contribution in [0.5, 0.6) is 0 Å². The number of unbranched alkanes of at least 4 members (excludes halogenated alkanes) is 4. The average Bonchev–Trinajstić information content (AvgIpc) is 2.81. The van der Waals surface area contributed by atoms with Gasteiger partial charge in [0.2, 0.25) is 5.91 Å². The molecule has 33 heavy (non-hydrogen) atoms. The van der Waals surface area contributed by atoms with Crippen LogP contribution in [0.1, 0.15) is 45.4 Å². The average molecular weight is 459 g/mol. The van der Waals surface area contributed by atoms with E-state index in [0.717, 1.165) is 37.7 Å². The van der Waals surface area contributed by atoms with E-state index in [1.54, 1.807) is 12.1 Å². The maximum Gasteiger partial charge on any atom is 0.323 e. The SMILES string of the molecule is CCCCCCCC(=O)N1CCN(c2ccc(NC(=O)Nc3ccc(F)cc3F)cc2)CC1. The first-order valence-corrected chi connectivity index (χ1v) is 11.6. The predicted octanol–water partition coefficient (Wildman–Crippen LogP) is 5.62. The molecule has 1 aliphatic rings. The molecular formula is C25H32F2N4O2. The number of nitrogens with zero attached hydrogens (tertiary/aromatic N) is 2. The molecule has 0 atom stereocenters. The summed E-state index contributed by atoms with van der Waals surface area (Å²) in [6, 6.07) is 9.69. The molecule has 0 aliphatic carbocycles. The van der Waals surface area contributed by atoms with Gasteiger partial charge in [0.25, 0.3) is 0 Å². The van der Waals surface area contributed by atoms with Crippen molar-refractivity contribution in [2.24, 2.45) is 0 Å². The van der Waals surface area contributed by atoms with Gasteiger partial charge in [0.1, 0.15) is 11.6 Å². The number of piperazine rings is 1. The summed E-state index contributed by atoms with van der Waals surface area (Å²) in [5.74, 6) is -1.30. The highest BCUT2D eigenvalue weighted by molar-refractivity contribution is 5.99. The molecule has 6 nitrogen and oxygen atoms in total. The Kier molecular flexibility index (Phi) is 9.04. The molecule has 2 aromatic rings. The number of rotatable bonds is 9. The number of nitrogens with one attached hydrogen (secondary N) is 2. The topological polar surface area (TPSA) is 64.7 Å². The molecule has 1 fully saturated rings. The summed E-state index contributed by atoms with van der Waals surface area (Å²) in [6.45, 7) is 5.13. The van der Waals surface area contributed by atoms with Crippen molar-refractivity contribution < 1.29 is 18.4 Å². The number of benzene rings is 2. The zero-order valence-corrected chi connectivity index (χ0v) is 19.1. The molecule has 3 rings (SSSR count). The molecule has 1 aliphatic heterocycles. The van der Waals surface area contributed by atoms with Crippen LogP contribution in [-0.4, -0.2) is 43.0 Å². The largest absolute Gasteiger partial charge is 0.368 e. The van der Waals surface area contributed by atoms with Crippen molar-refractivity contribution in [2.45, 2.75) is 45.4 Å². The van der Waals surface area contributed by atoms with Gasteiger partial charge in [0.05, 0.1) is 5.69 Å². The second kappa shape index (κ2) is 12.2. The lowest BCUT2D eigenvalue weighted by molar-refractivity contribution is -0.131. The lowest BCUT2D eigenvalue weighted by atomic mass is 10.1. The van der Waals surface area contributed by atoms with Crippen molar-refractivity contribution in [2.75, 3.05) is 41.7 Å². The van der Waals surface area contributed by atoms with Crippen LogP contribution in [0.25, 0.3) is 0 Å². The van der Waals surface area contributed by atoms with Crippen LogP contribution in [0.3, 0.4) is 0 Å². The van der Waals surface area contributed by atoms with E-state index >= 15 is 0 Å². The quantitative estimate of drug-likeness (QED) is 0.480. The van der Waals surface area contributed by atoms with E-state index in [1.807, 2.05) is 17.0 Å². The molecule has 0 spiro atoms. The van der Waals surface area contributed by atoms with Crippen LogP contribution >= 0.6 is 0 Å². The van der Waals surface area contributed by atoms with E-state index in [4.69, 9.17) is 0 Å². The summed E-state index contributed by atoms with van der Waals surface area (Å²) in [6.07, 6.45) is 6.36. The van der Waals surface area contributed by atoms with Crippen molar-refractivity contribution in [3.8, 4) is 0 Å². The van der Waals surface area contributed by atoms with Gasteiger partial charge in [-0.15, -0.1) is 0 Å². The highest BCUT2D eigenvalue weighted by Crippen LogP contribution is 2.21. The summed E-state index contributed by atoms with van der Waals surface area (Å²) < 4.78 is 26.7. The van der Waals surface area contributed by atoms with Gasteiger partial charge in [0.15, 0.2) is 0 Å². The fourth-order valence-corrected chi connectivity index (χ4v) is 3.88. The Morgan fingerprint density at radius 1 is 0.879 bits per heavy atom. The van der Waals surface area contributed by atoms with Crippen molar-refractivity contribution in [3.63, 3.8) is 0 Å². The Morgan fingerprint density at radius 2 is 1.58 bits per heavy atom. The van der Waals surface area contributed by atoms with Crippen LogP contribution in [0.4, 0.5) is 30.6 Å². The van der Waals surface area contributed by atoms with Crippen molar-refractivity contribution >= 4 is 29.0 Å². The number of hydrogen-bond donors (Lipinski definition) is 2. The van der Waals surface area contributed by atoms with Gasteiger partial charge in [-0.2, -0.15) is 0 Å². The van der Waals surface area contributed by atoms with Gasteiger partial charge < -0.3 is 20.4 Å². The summed E-state index contributed by atoms with van der Waals surface area (Å²) in [7, 11) is 0. The molecule has 2 N–H and O–H groups in total.